The third-order valence-electron chi connectivity index (χ3n) is 3.08. The van der Waals surface area contributed by atoms with Crippen molar-refractivity contribution in [3.63, 3.8) is 0 Å². The van der Waals surface area contributed by atoms with Gasteiger partial charge in [0.25, 0.3) is 0 Å². The minimum absolute atomic E-state index is 0.212. The highest BCUT2D eigenvalue weighted by Crippen LogP contribution is 2.15. The van der Waals surface area contributed by atoms with E-state index in [9.17, 15) is 4.79 Å². The molecule has 1 amide bonds. The molecule has 0 fully saturated rings. The van der Waals surface area contributed by atoms with Gasteiger partial charge >= 0.3 is 0 Å². The third-order valence-corrected chi connectivity index (χ3v) is 3.08. The summed E-state index contributed by atoms with van der Waals surface area (Å²) in [5.74, 6) is -0.338. The van der Waals surface area contributed by atoms with E-state index in [1.165, 1.54) is 0 Å². The highest BCUT2D eigenvalue weighted by Gasteiger charge is 2.11. The first-order chi connectivity index (χ1) is 9.65. The Morgan fingerprint density at radius 3 is 2.25 bits per heavy atom. The molecule has 0 aliphatic carbocycles. The van der Waals surface area contributed by atoms with Crippen molar-refractivity contribution in [3.8, 4) is 0 Å². The largest absolute Gasteiger partial charge is 0.398 e. The van der Waals surface area contributed by atoms with Gasteiger partial charge in [-0.15, -0.1) is 0 Å². The molecule has 4 N–H and O–H groups in total. The Balaban J connectivity index is 2.12. The van der Waals surface area contributed by atoms with Crippen molar-refractivity contribution < 1.29 is 4.79 Å². The van der Waals surface area contributed by atoms with Crippen LogP contribution in [0.25, 0.3) is 0 Å². The molecular weight excluding hydrogens is 250 g/mol. The number of hydrogen-bond donors (Lipinski definition) is 2. The minimum atomic E-state index is -0.338. The van der Waals surface area contributed by atoms with Crippen molar-refractivity contribution in [2.24, 2.45) is 5.73 Å². The minimum Gasteiger partial charge on any atom is -0.398 e. The quantitative estimate of drug-likeness (QED) is 0.785. The molecule has 0 bridgehead atoms. The number of nitrogen functional groups attached to an aromatic ring is 1. The van der Waals surface area contributed by atoms with Crippen LogP contribution in [0.5, 0.6) is 0 Å². The van der Waals surface area contributed by atoms with E-state index in [0.29, 0.717) is 13.1 Å². The highest BCUT2D eigenvalue weighted by atomic mass is 16.1. The molecule has 0 atom stereocenters. The summed E-state index contributed by atoms with van der Waals surface area (Å²) in [5.41, 5.74) is 14.2. The summed E-state index contributed by atoms with van der Waals surface area (Å²) in [6, 6.07) is 17.7. The molecule has 0 unspecified atom stereocenters. The predicted octanol–water partition coefficient (Wildman–Crippen LogP) is 1.76. The Morgan fingerprint density at radius 2 is 1.60 bits per heavy atom. The number of nitrogens with zero attached hydrogens (tertiary/aromatic N) is 1. The molecule has 0 aliphatic rings. The second-order valence-corrected chi connectivity index (χ2v) is 4.80. The zero-order valence-electron chi connectivity index (χ0n) is 11.3. The van der Waals surface area contributed by atoms with E-state index in [4.69, 9.17) is 11.5 Å². The molecule has 2 aromatic carbocycles. The van der Waals surface area contributed by atoms with Gasteiger partial charge in [0, 0.05) is 18.8 Å². The van der Waals surface area contributed by atoms with Crippen LogP contribution in [0.15, 0.2) is 54.6 Å². The first-order valence-electron chi connectivity index (χ1n) is 6.53. The summed E-state index contributed by atoms with van der Waals surface area (Å²) in [6.45, 7) is 1.48. The summed E-state index contributed by atoms with van der Waals surface area (Å²) in [7, 11) is 0. The van der Waals surface area contributed by atoms with Crippen LogP contribution in [0.3, 0.4) is 0 Å². The summed E-state index contributed by atoms with van der Waals surface area (Å²) in [6.07, 6.45) is 0. The monoisotopic (exact) mass is 269 g/mol. The fraction of sp³-hybridized carbons (Fsp3) is 0.188. The van der Waals surface area contributed by atoms with Crippen LogP contribution >= 0.6 is 0 Å². The Labute approximate surface area is 119 Å². The summed E-state index contributed by atoms with van der Waals surface area (Å²) in [5, 5.41) is 0. The lowest BCUT2D eigenvalue weighted by Crippen LogP contribution is -2.33. The topological polar surface area (TPSA) is 72.4 Å². The van der Waals surface area contributed by atoms with Crippen molar-refractivity contribution in [2.75, 3.05) is 12.3 Å². The molecule has 4 nitrogen and oxygen atoms in total. The van der Waals surface area contributed by atoms with Gasteiger partial charge < -0.3 is 11.5 Å². The molecule has 20 heavy (non-hydrogen) atoms. The molecular formula is C16H19N3O. The van der Waals surface area contributed by atoms with Gasteiger partial charge in [0.15, 0.2) is 0 Å². The SMILES string of the molecule is NC(=O)CN(Cc1ccccc1)Cc1ccccc1N. The Kier molecular flexibility index (Phi) is 4.74. The number of carbonyl (C=O) groups excluding carboxylic acids is 1. The van der Waals surface area contributed by atoms with Gasteiger partial charge in [-0.1, -0.05) is 48.5 Å². The van der Waals surface area contributed by atoms with E-state index in [1.54, 1.807) is 0 Å². The van der Waals surface area contributed by atoms with E-state index in [1.807, 2.05) is 59.5 Å². The highest BCUT2D eigenvalue weighted by molar-refractivity contribution is 5.75. The van der Waals surface area contributed by atoms with Crippen LogP contribution < -0.4 is 11.5 Å². The Bertz CT molecular complexity index is 569. The Hall–Kier alpha value is -2.33. The van der Waals surface area contributed by atoms with Crippen molar-refractivity contribution >= 4 is 11.6 Å². The normalized spacial score (nSPS) is 10.7. The Morgan fingerprint density at radius 1 is 0.950 bits per heavy atom. The van der Waals surface area contributed by atoms with Gasteiger partial charge in [-0.3, -0.25) is 9.69 Å². The van der Waals surface area contributed by atoms with Crippen molar-refractivity contribution in [1.29, 1.82) is 0 Å². The number of rotatable bonds is 6. The molecule has 4 heteroatoms. The van der Waals surface area contributed by atoms with E-state index in [0.717, 1.165) is 16.8 Å². The molecule has 104 valence electrons. The van der Waals surface area contributed by atoms with Crippen LogP contribution in [0.4, 0.5) is 5.69 Å². The standard InChI is InChI=1S/C16H19N3O/c17-15-9-5-4-8-14(15)11-19(12-16(18)20)10-13-6-2-1-3-7-13/h1-9H,10-12,17H2,(H2,18,20). The van der Waals surface area contributed by atoms with E-state index in [2.05, 4.69) is 0 Å². The van der Waals surface area contributed by atoms with Crippen molar-refractivity contribution in [2.45, 2.75) is 13.1 Å². The number of para-hydroxylation sites is 1. The molecule has 0 heterocycles. The summed E-state index contributed by atoms with van der Waals surface area (Å²) < 4.78 is 0. The number of primary amides is 1. The smallest absolute Gasteiger partial charge is 0.231 e. The number of benzene rings is 2. The number of carbonyl (C=O) groups is 1. The molecule has 0 aliphatic heterocycles. The maximum Gasteiger partial charge on any atom is 0.231 e. The van der Waals surface area contributed by atoms with Crippen LogP contribution in [-0.2, 0) is 17.9 Å². The average Bonchev–Trinajstić information content (AvgIpc) is 2.42. The van der Waals surface area contributed by atoms with Crippen molar-refractivity contribution in [1.82, 2.24) is 4.90 Å². The van der Waals surface area contributed by atoms with E-state index >= 15 is 0 Å². The second kappa shape index (κ2) is 6.73. The van der Waals surface area contributed by atoms with Crippen LogP contribution in [0.1, 0.15) is 11.1 Å². The molecule has 0 saturated carbocycles. The van der Waals surface area contributed by atoms with E-state index in [-0.39, 0.29) is 12.5 Å². The predicted molar refractivity (Wildman–Crippen MR) is 80.6 cm³/mol. The fourth-order valence-electron chi connectivity index (χ4n) is 2.15. The zero-order valence-corrected chi connectivity index (χ0v) is 11.3. The summed E-state index contributed by atoms with van der Waals surface area (Å²) >= 11 is 0. The van der Waals surface area contributed by atoms with Crippen molar-refractivity contribution in [3.05, 3.63) is 65.7 Å². The van der Waals surface area contributed by atoms with Gasteiger partial charge in [0.05, 0.1) is 6.54 Å². The van der Waals surface area contributed by atoms with Crippen LogP contribution in [0, 0.1) is 0 Å². The molecule has 0 radical (unpaired) electrons. The molecule has 0 spiro atoms. The van der Waals surface area contributed by atoms with Gasteiger partial charge in [0.1, 0.15) is 0 Å². The van der Waals surface area contributed by atoms with Gasteiger partial charge in [0.2, 0.25) is 5.91 Å². The lowest BCUT2D eigenvalue weighted by atomic mass is 10.1. The number of hydrogen-bond acceptors (Lipinski definition) is 3. The molecule has 0 saturated heterocycles. The fourth-order valence-corrected chi connectivity index (χ4v) is 2.15. The second-order valence-electron chi connectivity index (χ2n) is 4.80. The van der Waals surface area contributed by atoms with Gasteiger partial charge in [-0.25, -0.2) is 0 Å². The third kappa shape index (κ3) is 4.10. The zero-order chi connectivity index (χ0) is 14.4. The maximum absolute atomic E-state index is 11.2. The van der Waals surface area contributed by atoms with E-state index < -0.39 is 0 Å². The molecule has 2 rings (SSSR count). The first-order valence-corrected chi connectivity index (χ1v) is 6.53. The lowest BCUT2D eigenvalue weighted by Gasteiger charge is -2.21. The first kappa shape index (κ1) is 14.1. The lowest BCUT2D eigenvalue weighted by molar-refractivity contribution is -0.119. The molecule has 0 aromatic heterocycles. The summed E-state index contributed by atoms with van der Waals surface area (Å²) in [4.78, 5) is 13.2. The number of nitrogens with two attached hydrogens (primary N) is 2. The van der Waals surface area contributed by atoms with Gasteiger partial charge in [-0.05, 0) is 17.2 Å². The molecule has 2 aromatic rings. The average molecular weight is 269 g/mol. The number of anilines is 1. The number of amides is 1. The van der Waals surface area contributed by atoms with Gasteiger partial charge in [-0.2, -0.15) is 0 Å². The van der Waals surface area contributed by atoms with Crippen LogP contribution in [0.2, 0.25) is 0 Å². The van der Waals surface area contributed by atoms with Crippen LogP contribution in [-0.4, -0.2) is 17.4 Å². The maximum atomic E-state index is 11.2.